The van der Waals surface area contributed by atoms with Gasteiger partial charge in [-0.05, 0) is 61.9 Å². The topological polar surface area (TPSA) is 77.2 Å². The highest BCUT2D eigenvalue weighted by Crippen LogP contribution is 2.24. The standard InChI is InChI=1S/C27H34FN5O3.ClH/c1-19-14-20(2-3-25(19)36-24-4-5-30-18-24)26(34)32-10-12-33(13-11-32)27(35)21-15-22(28)17-23(16-21)31-8-6-29-7-9-31;/h2-3,14-17,24,29-30H,4-13,18H2,1H3;1H/t24-;/m0./s1. The van der Waals surface area contributed by atoms with Gasteiger partial charge in [-0.15, -0.1) is 12.4 Å². The molecule has 2 N–H and O–H groups in total. The summed E-state index contributed by atoms with van der Waals surface area (Å²) in [6, 6.07) is 10.1. The SMILES string of the molecule is Cc1cc(C(=O)N2CCN(C(=O)c3cc(F)cc(N4CCNCC4)c3)CC2)ccc1O[C@H]1CCNC1.Cl. The number of nitrogens with one attached hydrogen (secondary N) is 2. The van der Waals surface area contributed by atoms with E-state index in [0.29, 0.717) is 37.3 Å². The summed E-state index contributed by atoms with van der Waals surface area (Å²) in [5.41, 5.74) is 2.65. The first kappa shape index (κ1) is 27.2. The second-order valence-corrected chi connectivity index (χ2v) is 9.73. The van der Waals surface area contributed by atoms with Gasteiger partial charge in [0.15, 0.2) is 0 Å². The molecule has 10 heteroatoms. The van der Waals surface area contributed by atoms with Crippen molar-refractivity contribution in [2.24, 2.45) is 0 Å². The predicted molar refractivity (Wildman–Crippen MR) is 144 cm³/mol. The molecule has 0 radical (unpaired) electrons. The van der Waals surface area contributed by atoms with Gasteiger partial charge >= 0.3 is 0 Å². The van der Waals surface area contributed by atoms with Gasteiger partial charge in [0, 0.05) is 75.7 Å². The molecule has 200 valence electrons. The smallest absolute Gasteiger partial charge is 0.254 e. The van der Waals surface area contributed by atoms with Gasteiger partial charge in [0.25, 0.3) is 11.8 Å². The van der Waals surface area contributed by atoms with Crippen molar-refractivity contribution >= 4 is 29.9 Å². The highest BCUT2D eigenvalue weighted by Gasteiger charge is 2.27. The minimum atomic E-state index is -0.407. The lowest BCUT2D eigenvalue weighted by molar-refractivity contribution is 0.0535. The van der Waals surface area contributed by atoms with Crippen molar-refractivity contribution in [1.82, 2.24) is 20.4 Å². The van der Waals surface area contributed by atoms with E-state index in [1.807, 2.05) is 25.1 Å². The van der Waals surface area contributed by atoms with Crippen LogP contribution in [-0.4, -0.2) is 93.2 Å². The Morgan fingerprint density at radius 1 is 0.865 bits per heavy atom. The van der Waals surface area contributed by atoms with Crippen LogP contribution in [0.4, 0.5) is 10.1 Å². The normalized spacial score (nSPS) is 19.9. The lowest BCUT2D eigenvalue weighted by Gasteiger charge is -2.35. The fraction of sp³-hybridized carbons (Fsp3) is 0.481. The van der Waals surface area contributed by atoms with Crippen molar-refractivity contribution in [3.8, 4) is 5.75 Å². The minimum absolute atomic E-state index is 0. The fourth-order valence-electron chi connectivity index (χ4n) is 5.10. The van der Waals surface area contributed by atoms with Crippen molar-refractivity contribution in [3.63, 3.8) is 0 Å². The molecule has 8 nitrogen and oxygen atoms in total. The summed E-state index contributed by atoms with van der Waals surface area (Å²) < 4.78 is 20.4. The molecular weight excluding hydrogens is 497 g/mol. The predicted octanol–water partition coefficient (Wildman–Crippen LogP) is 2.30. The van der Waals surface area contributed by atoms with Crippen molar-refractivity contribution in [1.29, 1.82) is 0 Å². The average Bonchev–Trinajstić information content (AvgIpc) is 3.42. The summed E-state index contributed by atoms with van der Waals surface area (Å²) >= 11 is 0. The number of aryl methyl sites for hydroxylation is 1. The Labute approximate surface area is 223 Å². The molecule has 2 aromatic carbocycles. The Morgan fingerprint density at radius 3 is 2.16 bits per heavy atom. The first-order valence-corrected chi connectivity index (χ1v) is 12.8. The van der Waals surface area contributed by atoms with Crippen LogP contribution in [0.3, 0.4) is 0 Å². The molecular formula is C27H35ClFN5O3. The van der Waals surface area contributed by atoms with Crippen LogP contribution in [0, 0.1) is 12.7 Å². The number of piperazine rings is 2. The molecule has 37 heavy (non-hydrogen) atoms. The molecule has 0 aliphatic carbocycles. The van der Waals surface area contributed by atoms with Gasteiger partial charge in [-0.3, -0.25) is 9.59 Å². The summed E-state index contributed by atoms with van der Waals surface area (Å²) in [4.78, 5) is 31.9. The first-order valence-electron chi connectivity index (χ1n) is 12.8. The van der Waals surface area contributed by atoms with Crippen LogP contribution in [-0.2, 0) is 0 Å². The lowest BCUT2D eigenvalue weighted by atomic mass is 10.1. The number of carbonyl (C=O) groups excluding carboxylic acids is 2. The Bertz CT molecular complexity index is 1110. The van der Waals surface area contributed by atoms with Crippen LogP contribution in [0.1, 0.15) is 32.7 Å². The first-order chi connectivity index (χ1) is 17.5. The number of halogens is 2. The number of anilines is 1. The quantitative estimate of drug-likeness (QED) is 0.616. The van der Waals surface area contributed by atoms with Crippen LogP contribution >= 0.6 is 12.4 Å². The third-order valence-electron chi connectivity index (χ3n) is 7.20. The molecule has 0 spiro atoms. The molecule has 2 amide bonds. The maximum atomic E-state index is 14.4. The number of ether oxygens (including phenoxy) is 1. The number of nitrogens with zero attached hydrogens (tertiary/aromatic N) is 3. The zero-order chi connectivity index (χ0) is 25.1. The van der Waals surface area contributed by atoms with E-state index in [0.717, 1.165) is 62.7 Å². The van der Waals surface area contributed by atoms with Gasteiger partial charge in [-0.1, -0.05) is 0 Å². The molecule has 0 saturated carbocycles. The van der Waals surface area contributed by atoms with Crippen molar-refractivity contribution in [2.75, 3.05) is 70.3 Å². The van der Waals surface area contributed by atoms with E-state index in [1.165, 1.54) is 12.1 Å². The zero-order valence-electron chi connectivity index (χ0n) is 21.2. The van der Waals surface area contributed by atoms with Gasteiger partial charge in [-0.25, -0.2) is 4.39 Å². The molecule has 1 atom stereocenters. The van der Waals surface area contributed by atoms with Crippen LogP contribution < -0.4 is 20.3 Å². The summed E-state index contributed by atoms with van der Waals surface area (Å²) in [6.07, 6.45) is 1.15. The number of amides is 2. The van der Waals surface area contributed by atoms with E-state index < -0.39 is 5.82 Å². The number of rotatable bonds is 5. The molecule has 3 heterocycles. The van der Waals surface area contributed by atoms with E-state index >= 15 is 0 Å². The highest BCUT2D eigenvalue weighted by atomic mass is 35.5. The van der Waals surface area contributed by atoms with E-state index in [-0.39, 0.29) is 30.3 Å². The van der Waals surface area contributed by atoms with Crippen molar-refractivity contribution in [3.05, 3.63) is 58.9 Å². The molecule has 0 aromatic heterocycles. The van der Waals surface area contributed by atoms with Crippen LogP contribution in [0.2, 0.25) is 0 Å². The molecule has 3 fully saturated rings. The number of hydrogen-bond acceptors (Lipinski definition) is 6. The molecule has 2 aromatic rings. The monoisotopic (exact) mass is 531 g/mol. The van der Waals surface area contributed by atoms with E-state index in [4.69, 9.17) is 4.74 Å². The van der Waals surface area contributed by atoms with Crippen LogP contribution in [0.5, 0.6) is 5.75 Å². The molecule has 3 aliphatic heterocycles. The molecule has 5 rings (SSSR count). The second-order valence-electron chi connectivity index (χ2n) is 9.73. The maximum Gasteiger partial charge on any atom is 0.254 e. The van der Waals surface area contributed by atoms with E-state index in [2.05, 4.69) is 15.5 Å². The van der Waals surface area contributed by atoms with Crippen molar-refractivity contribution in [2.45, 2.75) is 19.4 Å². The van der Waals surface area contributed by atoms with E-state index in [1.54, 1.807) is 15.9 Å². The highest BCUT2D eigenvalue weighted by molar-refractivity contribution is 5.96. The fourth-order valence-corrected chi connectivity index (χ4v) is 5.10. The average molecular weight is 532 g/mol. The molecule has 3 saturated heterocycles. The second kappa shape index (κ2) is 12.1. The molecule has 0 unspecified atom stereocenters. The number of hydrogen-bond donors (Lipinski definition) is 2. The largest absolute Gasteiger partial charge is 0.489 e. The third-order valence-corrected chi connectivity index (χ3v) is 7.20. The van der Waals surface area contributed by atoms with Gasteiger partial charge in [0.2, 0.25) is 0 Å². The Balaban J connectivity index is 0.00000320. The van der Waals surface area contributed by atoms with E-state index in [9.17, 15) is 14.0 Å². The molecule has 3 aliphatic rings. The molecule has 0 bridgehead atoms. The van der Waals surface area contributed by atoms with Gasteiger partial charge in [-0.2, -0.15) is 0 Å². The zero-order valence-corrected chi connectivity index (χ0v) is 22.0. The summed E-state index contributed by atoms with van der Waals surface area (Å²) in [5.74, 6) is 0.156. The van der Waals surface area contributed by atoms with Gasteiger partial charge in [0.05, 0.1) is 0 Å². The minimum Gasteiger partial charge on any atom is -0.489 e. The van der Waals surface area contributed by atoms with Crippen LogP contribution in [0.15, 0.2) is 36.4 Å². The van der Waals surface area contributed by atoms with Gasteiger partial charge in [0.1, 0.15) is 17.7 Å². The summed E-state index contributed by atoms with van der Waals surface area (Å²) in [5, 5.41) is 6.57. The summed E-state index contributed by atoms with van der Waals surface area (Å²) in [7, 11) is 0. The van der Waals surface area contributed by atoms with Crippen LogP contribution in [0.25, 0.3) is 0 Å². The van der Waals surface area contributed by atoms with Gasteiger partial charge < -0.3 is 30.1 Å². The Morgan fingerprint density at radius 2 is 1.54 bits per heavy atom. The Kier molecular flexibility index (Phi) is 8.89. The Hall–Kier alpha value is -2.88. The van der Waals surface area contributed by atoms with Crippen molar-refractivity contribution < 1.29 is 18.7 Å². The summed E-state index contributed by atoms with van der Waals surface area (Å²) in [6.45, 7) is 8.71. The number of carbonyl (C=O) groups is 2. The lowest BCUT2D eigenvalue weighted by Crippen LogP contribution is -2.50. The number of benzene rings is 2. The maximum absolute atomic E-state index is 14.4. The third kappa shape index (κ3) is 6.34.